The zero-order valence-corrected chi connectivity index (χ0v) is 14.0. The molecule has 2 rings (SSSR count). The van der Waals surface area contributed by atoms with Crippen LogP contribution in [0.4, 0.5) is 0 Å². The normalized spacial score (nSPS) is 19.5. The number of benzene rings is 1. The van der Waals surface area contributed by atoms with Gasteiger partial charge in [-0.1, -0.05) is 0 Å². The highest BCUT2D eigenvalue weighted by molar-refractivity contribution is 7.89. The van der Waals surface area contributed by atoms with Crippen molar-refractivity contribution < 1.29 is 13.2 Å². The van der Waals surface area contributed by atoms with E-state index in [4.69, 9.17) is 0 Å². The van der Waals surface area contributed by atoms with E-state index in [0.29, 0.717) is 12.1 Å². The molecule has 122 valence electrons. The molecule has 1 saturated heterocycles. The predicted octanol–water partition coefficient (Wildman–Crippen LogP) is 0.807. The van der Waals surface area contributed by atoms with E-state index in [1.807, 2.05) is 11.8 Å². The van der Waals surface area contributed by atoms with Gasteiger partial charge in [-0.2, -0.15) is 0 Å². The van der Waals surface area contributed by atoms with E-state index in [9.17, 15) is 13.2 Å². The maximum absolute atomic E-state index is 12.5. The Morgan fingerprint density at radius 1 is 1.32 bits per heavy atom. The minimum Gasteiger partial charge on any atom is -0.333 e. The number of carbonyl (C=O) groups is 1. The van der Waals surface area contributed by atoms with Crippen LogP contribution < -0.4 is 10.0 Å². The highest BCUT2D eigenvalue weighted by Gasteiger charge is 2.24. The Balaban J connectivity index is 2.16. The first kappa shape index (κ1) is 16.9. The number of carbonyl (C=O) groups excluding carboxylic acids is 1. The summed E-state index contributed by atoms with van der Waals surface area (Å²) in [5.74, 6) is -0.0604. The SMILES string of the molecule is CC(C)NS(=O)(=O)c1ccc(C(=O)N2CCNCC2C)cc1. The van der Waals surface area contributed by atoms with Gasteiger partial charge >= 0.3 is 0 Å². The standard InChI is InChI=1S/C15H23N3O3S/c1-11(2)17-22(20,21)14-6-4-13(5-7-14)15(19)18-9-8-16-10-12(18)3/h4-7,11-12,16-17H,8-10H2,1-3H3. The number of sulfonamides is 1. The fraction of sp³-hybridized carbons (Fsp3) is 0.533. The summed E-state index contributed by atoms with van der Waals surface area (Å²) in [4.78, 5) is 14.5. The third kappa shape index (κ3) is 3.85. The Labute approximate surface area is 131 Å². The maximum atomic E-state index is 12.5. The Morgan fingerprint density at radius 3 is 2.50 bits per heavy atom. The number of hydrogen-bond donors (Lipinski definition) is 2. The average Bonchev–Trinajstić information content (AvgIpc) is 2.46. The first-order chi connectivity index (χ1) is 10.3. The van der Waals surface area contributed by atoms with E-state index < -0.39 is 10.0 Å². The summed E-state index contributed by atoms with van der Waals surface area (Å²) >= 11 is 0. The largest absolute Gasteiger partial charge is 0.333 e. The zero-order valence-electron chi connectivity index (χ0n) is 13.2. The van der Waals surface area contributed by atoms with Gasteiger partial charge in [-0.15, -0.1) is 0 Å². The van der Waals surface area contributed by atoms with E-state index >= 15 is 0 Å². The van der Waals surface area contributed by atoms with Crippen LogP contribution in [-0.4, -0.2) is 50.9 Å². The third-order valence-electron chi connectivity index (χ3n) is 3.56. The summed E-state index contributed by atoms with van der Waals surface area (Å²) in [5, 5.41) is 3.24. The van der Waals surface area contributed by atoms with Gasteiger partial charge in [-0.3, -0.25) is 4.79 Å². The smallest absolute Gasteiger partial charge is 0.254 e. The maximum Gasteiger partial charge on any atom is 0.254 e. The Kier molecular flexibility index (Phi) is 5.20. The summed E-state index contributed by atoms with van der Waals surface area (Å²) in [6.45, 7) is 7.74. The van der Waals surface area contributed by atoms with Crippen LogP contribution in [0.2, 0.25) is 0 Å². The second-order valence-corrected chi connectivity index (χ2v) is 7.57. The molecule has 2 N–H and O–H groups in total. The quantitative estimate of drug-likeness (QED) is 0.858. The molecule has 1 aromatic rings. The van der Waals surface area contributed by atoms with Gasteiger partial charge in [0.15, 0.2) is 0 Å². The number of nitrogens with zero attached hydrogens (tertiary/aromatic N) is 1. The van der Waals surface area contributed by atoms with Gasteiger partial charge in [0.05, 0.1) is 4.90 Å². The lowest BCUT2D eigenvalue weighted by Gasteiger charge is -2.34. The molecule has 0 aromatic heterocycles. The molecule has 1 unspecified atom stereocenters. The molecule has 1 fully saturated rings. The molecule has 6 nitrogen and oxygen atoms in total. The van der Waals surface area contributed by atoms with Crippen LogP contribution in [0.3, 0.4) is 0 Å². The summed E-state index contributed by atoms with van der Waals surface area (Å²) in [6.07, 6.45) is 0. The summed E-state index contributed by atoms with van der Waals surface area (Å²) in [5.41, 5.74) is 0.511. The minimum absolute atomic E-state index is 0.0604. The highest BCUT2D eigenvalue weighted by atomic mass is 32.2. The van der Waals surface area contributed by atoms with Crippen LogP contribution in [-0.2, 0) is 10.0 Å². The highest BCUT2D eigenvalue weighted by Crippen LogP contribution is 2.14. The fourth-order valence-electron chi connectivity index (χ4n) is 2.46. The van der Waals surface area contributed by atoms with Gasteiger partial charge in [0.25, 0.3) is 5.91 Å². The second-order valence-electron chi connectivity index (χ2n) is 5.85. The molecule has 7 heteroatoms. The van der Waals surface area contributed by atoms with E-state index in [0.717, 1.165) is 13.1 Å². The molecule has 1 aliphatic rings. The number of hydrogen-bond acceptors (Lipinski definition) is 4. The number of amides is 1. The molecule has 0 saturated carbocycles. The van der Waals surface area contributed by atoms with Crippen molar-refractivity contribution in [1.82, 2.24) is 14.9 Å². The van der Waals surface area contributed by atoms with E-state index in [-0.39, 0.29) is 22.9 Å². The van der Waals surface area contributed by atoms with E-state index in [2.05, 4.69) is 10.0 Å². The molecule has 22 heavy (non-hydrogen) atoms. The van der Waals surface area contributed by atoms with Gasteiger partial charge < -0.3 is 10.2 Å². The minimum atomic E-state index is -3.52. The molecule has 0 radical (unpaired) electrons. The lowest BCUT2D eigenvalue weighted by Crippen LogP contribution is -2.52. The van der Waals surface area contributed by atoms with Crippen molar-refractivity contribution in [2.24, 2.45) is 0 Å². The van der Waals surface area contributed by atoms with Crippen LogP contribution in [0.25, 0.3) is 0 Å². The Hall–Kier alpha value is -1.44. The van der Waals surface area contributed by atoms with Gasteiger partial charge in [-0.25, -0.2) is 13.1 Å². The topological polar surface area (TPSA) is 78.5 Å². The monoisotopic (exact) mass is 325 g/mol. The van der Waals surface area contributed by atoms with Crippen LogP contribution in [0, 0.1) is 0 Å². The molecule has 1 heterocycles. The molecule has 0 bridgehead atoms. The summed E-state index contributed by atoms with van der Waals surface area (Å²) in [6, 6.07) is 6.06. The van der Waals surface area contributed by atoms with E-state index in [1.165, 1.54) is 12.1 Å². The van der Waals surface area contributed by atoms with Gasteiger partial charge in [0, 0.05) is 37.3 Å². The van der Waals surface area contributed by atoms with Crippen LogP contribution in [0.15, 0.2) is 29.2 Å². The lowest BCUT2D eigenvalue weighted by atomic mass is 10.1. The summed E-state index contributed by atoms with van der Waals surface area (Å²) < 4.78 is 26.6. The van der Waals surface area contributed by atoms with Crippen molar-refractivity contribution in [2.45, 2.75) is 37.8 Å². The lowest BCUT2D eigenvalue weighted by molar-refractivity contribution is 0.0655. The second kappa shape index (κ2) is 6.76. The van der Waals surface area contributed by atoms with Crippen molar-refractivity contribution >= 4 is 15.9 Å². The average molecular weight is 325 g/mol. The van der Waals surface area contributed by atoms with Crippen LogP contribution in [0.1, 0.15) is 31.1 Å². The van der Waals surface area contributed by atoms with Gasteiger partial charge in [0.2, 0.25) is 10.0 Å². The number of nitrogens with one attached hydrogen (secondary N) is 2. The fourth-order valence-corrected chi connectivity index (χ4v) is 3.71. The van der Waals surface area contributed by atoms with Crippen molar-refractivity contribution in [3.05, 3.63) is 29.8 Å². The first-order valence-corrected chi connectivity index (χ1v) is 8.93. The van der Waals surface area contributed by atoms with Crippen molar-refractivity contribution in [3.63, 3.8) is 0 Å². The van der Waals surface area contributed by atoms with Crippen LogP contribution >= 0.6 is 0 Å². The summed E-state index contributed by atoms with van der Waals surface area (Å²) in [7, 11) is -3.52. The number of piperazine rings is 1. The molecular formula is C15H23N3O3S. The third-order valence-corrected chi connectivity index (χ3v) is 5.24. The Bertz CT molecular complexity index is 626. The first-order valence-electron chi connectivity index (χ1n) is 7.45. The molecule has 0 spiro atoms. The van der Waals surface area contributed by atoms with Crippen LogP contribution in [0.5, 0.6) is 0 Å². The van der Waals surface area contributed by atoms with Gasteiger partial charge in [0.1, 0.15) is 0 Å². The zero-order chi connectivity index (χ0) is 16.3. The molecular weight excluding hydrogens is 302 g/mol. The predicted molar refractivity (Wildman–Crippen MR) is 85.3 cm³/mol. The van der Waals surface area contributed by atoms with Gasteiger partial charge in [-0.05, 0) is 45.0 Å². The molecule has 1 aliphatic heterocycles. The van der Waals surface area contributed by atoms with Crippen molar-refractivity contribution in [2.75, 3.05) is 19.6 Å². The molecule has 1 amide bonds. The van der Waals surface area contributed by atoms with E-state index in [1.54, 1.807) is 26.0 Å². The number of rotatable bonds is 4. The molecule has 1 atom stereocenters. The Morgan fingerprint density at radius 2 is 1.95 bits per heavy atom. The van der Waals surface area contributed by atoms with Crippen molar-refractivity contribution in [1.29, 1.82) is 0 Å². The molecule has 1 aromatic carbocycles. The molecule has 0 aliphatic carbocycles. The van der Waals surface area contributed by atoms with Crippen molar-refractivity contribution in [3.8, 4) is 0 Å².